The predicted molar refractivity (Wildman–Crippen MR) is 99.5 cm³/mol. The number of aryl methyl sites for hydroxylation is 1. The third kappa shape index (κ3) is 3.50. The zero-order valence-corrected chi connectivity index (χ0v) is 14.6. The van der Waals surface area contributed by atoms with Gasteiger partial charge in [0.05, 0.1) is 5.56 Å². The van der Waals surface area contributed by atoms with Crippen LogP contribution >= 0.6 is 0 Å². The number of anilines is 1. The Morgan fingerprint density at radius 3 is 2.76 bits per heavy atom. The first-order chi connectivity index (χ1) is 12.0. The molecule has 5 heteroatoms. The molecule has 0 saturated carbocycles. The average Bonchev–Trinajstić information content (AvgIpc) is 2.89. The molecule has 3 aromatic rings. The van der Waals surface area contributed by atoms with Crippen molar-refractivity contribution in [2.75, 3.05) is 12.4 Å². The molecule has 25 heavy (non-hydrogen) atoms. The highest BCUT2D eigenvalue weighted by Gasteiger charge is 2.15. The van der Waals surface area contributed by atoms with Crippen LogP contribution in [0.5, 0.6) is 0 Å². The fourth-order valence-electron chi connectivity index (χ4n) is 3.19. The lowest BCUT2D eigenvalue weighted by atomic mass is 10.1. The number of para-hydroxylation sites is 1. The van der Waals surface area contributed by atoms with Gasteiger partial charge in [0.1, 0.15) is 5.82 Å². The molecule has 1 atom stereocenters. The Morgan fingerprint density at radius 2 is 2.00 bits per heavy atom. The minimum absolute atomic E-state index is 0.0775. The summed E-state index contributed by atoms with van der Waals surface area (Å²) in [5.41, 5.74) is 3.41. The fraction of sp³-hybridized carbons (Fsp3) is 0.250. The number of fused-ring (bicyclic) bond motifs is 1. The number of carbonyl (C=O) groups is 1. The van der Waals surface area contributed by atoms with Crippen LogP contribution in [0.2, 0.25) is 0 Å². The van der Waals surface area contributed by atoms with Crippen LogP contribution in [0, 0.1) is 5.82 Å². The fourth-order valence-corrected chi connectivity index (χ4v) is 3.19. The van der Waals surface area contributed by atoms with Crippen LogP contribution in [0.3, 0.4) is 0 Å². The quantitative estimate of drug-likeness (QED) is 0.744. The first-order valence-electron chi connectivity index (χ1n) is 8.30. The highest BCUT2D eigenvalue weighted by atomic mass is 19.1. The van der Waals surface area contributed by atoms with Gasteiger partial charge in [0.25, 0.3) is 5.91 Å². The SMILES string of the molecule is CNc1ccccc1C(=O)NC(C)Cc1cn(C)c2ccc(F)cc12. The largest absolute Gasteiger partial charge is 0.387 e. The van der Waals surface area contributed by atoms with Crippen LogP contribution in [-0.4, -0.2) is 23.6 Å². The minimum atomic E-state index is -0.250. The van der Waals surface area contributed by atoms with Crippen molar-refractivity contribution in [2.24, 2.45) is 7.05 Å². The van der Waals surface area contributed by atoms with Gasteiger partial charge in [-0.2, -0.15) is 0 Å². The third-order valence-corrected chi connectivity index (χ3v) is 4.38. The molecule has 130 valence electrons. The van der Waals surface area contributed by atoms with Crippen LogP contribution in [-0.2, 0) is 13.5 Å². The van der Waals surface area contributed by atoms with E-state index in [1.54, 1.807) is 25.2 Å². The molecule has 1 heterocycles. The van der Waals surface area contributed by atoms with E-state index >= 15 is 0 Å². The molecule has 0 fully saturated rings. The van der Waals surface area contributed by atoms with Gasteiger partial charge >= 0.3 is 0 Å². The molecule has 0 aliphatic heterocycles. The van der Waals surface area contributed by atoms with E-state index in [1.807, 2.05) is 42.9 Å². The Balaban J connectivity index is 1.78. The summed E-state index contributed by atoms with van der Waals surface area (Å²) in [6.07, 6.45) is 2.63. The van der Waals surface area contributed by atoms with Crippen LogP contribution in [0.15, 0.2) is 48.7 Å². The molecular weight excluding hydrogens is 317 g/mol. The lowest BCUT2D eigenvalue weighted by Gasteiger charge is -2.15. The van der Waals surface area contributed by atoms with E-state index in [0.29, 0.717) is 12.0 Å². The van der Waals surface area contributed by atoms with Crippen LogP contribution < -0.4 is 10.6 Å². The third-order valence-electron chi connectivity index (χ3n) is 4.38. The van der Waals surface area contributed by atoms with Gasteiger partial charge in [-0.25, -0.2) is 4.39 Å². The molecule has 2 N–H and O–H groups in total. The van der Waals surface area contributed by atoms with E-state index in [2.05, 4.69) is 10.6 Å². The van der Waals surface area contributed by atoms with Crippen molar-refractivity contribution < 1.29 is 9.18 Å². The van der Waals surface area contributed by atoms with Crippen molar-refractivity contribution >= 4 is 22.5 Å². The molecule has 0 aliphatic carbocycles. The second-order valence-electron chi connectivity index (χ2n) is 6.30. The first kappa shape index (κ1) is 17.0. The minimum Gasteiger partial charge on any atom is -0.387 e. The monoisotopic (exact) mass is 339 g/mol. The summed E-state index contributed by atoms with van der Waals surface area (Å²) < 4.78 is 15.6. The summed E-state index contributed by atoms with van der Waals surface area (Å²) in [4.78, 5) is 12.5. The number of carbonyl (C=O) groups excluding carboxylic acids is 1. The molecule has 0 radical (unpaired) electrons. The van der Waals surface area contributed by atoms with Gasteiger partial charge in [-0.1, -0.05) is 12.1 Å². The highest BCUT2D eigenvalue weighted by Crippen LogP contribution is 2.23. The topological polar surface area (TPSA) is 46.1 Å². The molecule has 0 spiro atoms. The van der Waals surface area contributed by atoms with E-state index in [-0.39, 0.29) is 17.8 Å². The van der Waals surface area contributed by atoms with E-state index in [1.165, 1.54) is 6.07 Å². The van der Waals surface area contributed by atoms with Gasteiger partial charge in [0.15, 0.2) is 0 Å². The Labute approximate surface area is 146 Å². The first-order valence-corrected chi connectivity index (χ1v) is 8.30. The van der Waals surface area contributed by atoms with Crippen LogP contribution in [0.25, 0.3) is 10.9 Å². The maximum atomic E-state index is 13.6. The number of hydrogen-bond acceptors (Lipinski definition) is 2. The van der Waals surface area contributed by atoms with Gasteiger partial charge in [-0.3, -0.25) is 4.79 Å². The number of nitrogens with one attached hydrogen (secondary N) is 2. The van der Waals surface area contributed by atoms with Gasteiger partial charge < -0.3 is 15.2 Å². The molecule has 0 bridgehead atoms. The van der Waals surface area contributed by atoms with Crippen molar-refractivity contribution in [2.45, 2.75) is 19.4 Å². The van der Waals surface area contributed by atoms with Gasteiger partial charge in [0, 0.05) is 42.9 Å². The van der Waals surface area contributed by atoms with Gasteiger partial charge in [-0.15, -0.1) is 0 Å². The lowest BCUT2D eigenvalue weighted by molar-refractivity contribution is 0.0941. The van der Waals surface area contributed by atoms with Crippen LogP contribution in [0.1, 0.15) is 22.8 Å². The zero-order chi connectivity index (χ0) is 18.0. The molecule has 2 aromatic carbocycles. The molecule has 4 nitrogen and oxygen atoms in total. The average molecular weight is 339 g/mol. The normalized spacial score (nSPS) is 12.2. The number of halogens is 1. The van der Waals surface area contributed by atoms with Crippen molar-refractivity contribution in [3.05, 3.63) is 65.6 Å². The molecule has 1 unspecified atom stereocenters. The van der Waals surface area contributed by atoms with Crippen molar-refractivity contribution in [1.29, 1.82) is 0 Å². The zero-order valence-electron chi connectivity index (χ0n) is 14.6. The van der Waals surface area contributed by atoms with Crippen molar-refractivity contribution in [3.8, 4) is 0 Å². The van der Waals surface area contributed by atoms with Gasteiger partial charge in [-0.05, 0) is 49.2 Å². The molecule has 1 amide bonds. The summed E-state index contributed by atoms with van der Waals surface area (Å²) in [6, 6.07) is 12.1. The highest BCUT2D eigenvalue weighted by molar-refractivity contribution is 5.99. The van der Waals surface area contributed by atoms with Gasteiger partial charge in [0.2, 0.25) is 0 Å². The number of amides is 1. The predicted octanol–water partition coefficient (Wildman–Crippen LogP) is 3.72. The number of rotatable bonds is 5. The summed E-state index contributed by atoms with van der Waals surface area (Å²) in [5, 5.41) is 6.94. The Morgan fingerprint density at radius 1 is 1.24 bits per heavy atom. The lowest BCUT2D eigenvalue weighted by Crippen LogP contribution is -2.34. The summed E-state index contributed by atoms with van der Waals surface area (Å²) >= 11 is 0. The second-order valence-corrected chi connectivity index (χ2v) is 6.30. The van der Waals surface area contributed by atoms with E-state index in [4.69, 9.17) is 0 Å². The number of hydrogen-bond donors (Lipinski definition) is 2. The summed E-state index contributed by atoms with van der Waals surface area (Å²) in [5.74, 6) is -0.372. The molecule has 0 aliphatic rings. The maximum Gasteiger partial charge on any atom is 0.253 e. The molecular formula is C20H22FN3O. The maximum absolute atomic E-state index is 13.6. The van der Waals surface area contributed by atoms with Crippen LogP contribution in [0.4, 0.5) is 10.1 Å². The second kappa shape index (κ2) is 6.97. The summed E-state index contributed by atoms with van der Waals surface area (Å²) in [7, 11) is 3.73. The number of benzene rings is 2. The molecule has 3 rings (SSSR count). The smallest absolute Gasteiger partial charge is 0.253 e. The Kier molecular flexibility index (Phi) is 4.74. The number of nitrogens with zero attached hydrogens (tertiary/aromatic N) is 1. The molecule has 1 aromatic heterocycles. The standard InChI is InChI=1S/C20H22FN3O/c1-13(23-20(25)16-6-4-5-7-18(16)22-2)10-14-12-24(3)19-9-8-15(21)11-17(14)19/h4-9,11-13,22H,10H2,1-3H3,(H,23,25). The van der Waals surface area contributed by atoms with E-state index < -0.39 is 0 Å². The number of aromatic nitrogens is 1. The van der Waals surface area contributed by atoms with Crippen molar-refractivity contribution in [3.63, 3.8) is 0 Å². The summed E-state index contributed by atoms with van der Waals surface area (Å²) in [6.45, 7) is 1.96. The Hall–Kier alpha value is -2.82. The van der Waals surface area contributed by atoms with E-state index in [9.17, 15) is 9.18 Å². The van der Waals surface area contributed by atoms with E-state index in [0.717, 1.165) is 22.2 Å². The Bertz CT molecular complexity index is 916. The molecule has 0 saturated heterocycles. The van der Waals surface area contributed by atoms with Crippen molar-refractivity contribution in [1.82, 2.24) is 9.88 Å².